The number of rotatable bonds is 2. The molecule has 1 N–H and O–H groups in total. The lowest BCUT2D eigenvalue weighted by atomic mass is 10.2. The third kappa shape index (κ3) is 4.02. The van der Waals surface area contributed by atoms with Crippen LogP contribution in [0.15, 0.2) is 0 Å². The van der Waals surface area contributed by atoms with Crippen molar-refractivity contribution in [3.05, 3.63) is 0 Å². The lowest BCUT2D eigenvalue weighted by molar-refractivity contribution is -0.141. The van der Waals surface area contributed by atoms with E-state index in [1.54, 1.807) is 4.90 Å². The van der Waals surface area contributed by atoms with E-state index in [2.05, 4.69) is 13.8 Å². The van der Waals surface area contributed by atoms with Gasteiger partial charge in [-0.1, -0.05) is 0 Å². The molecule has 2 aliphatic heterocycles. The number of carbonyl (C=O) groups excluding carboxylic acids is 1. The third-order valence-electron chi connectivity index (χ3n) is 3.51. The van der Waals surface area contributed by atoms with Crippen LogP contribution in [-0.2, 0) is 9.53 Å². The molecule has 2 amide bonds. The Labute approximate surface area is 123 Å². The molecule has 2 fully saturated rings. The monoisotopic (exact) mass is 302 g/mol. The van der Waals surface area contributed by atoms with Gasteiger partial charge in [-0.2, -0.15) is 11.8 Å². The molecule has 2 saturated heterocycles. The zero-order valence-corrected chi connectivity index (χ0v) is 12.8. The first kappa shape index (κ1) is 15.4. The topological polar surface area (TPSA) is 70.1 Å². The number of morpholine rings is 1. The van der Waals surface area contributed by atoms with Crippen LogP contribution in [0.3, 0.4) is 0 Å². The molecule has 0 aromatic heterocycles. The number of aliphatic carboxylic acids is 1. The van der Waals surface area contributed by atoms with Crippen molar-refractivity contribution >= 4 is 23.8 Å². The fourth-order valence-corrected chi connectivity index (χ4v) is 3.70. The number of amides is 2. The lowest BCUT2D eigenvalue weighted by Crippen LogP contribution is -2.55. The molecule has 0 saturated carbocycles. The second-order valence-electron chi connectivity index (χ2n) is 5.85. The van der Waals surface area contributed by atoms with E-state index in [0.29, 0.717) is 19.7 Å². The van der Waals surface area contributed by atoms with Crippen molar-refractivity contribution in [3.8, 4) is 0 Å². The zero-order chi connectivity index (χ0) is 14.8. The lowest BCUT2D eigenvalue weighted by Gasteiger charge is -2.41. The summed E-state index contributed by atoms with van der Waals surface area (Å²) in [5.41, 5.74) is 0. The molecule has 1 atom stereocenters. The Bertz CT molecular complexity index is 389. The minimum atomic E-state index is -0.889. The minimum absolute atomic E-state index is 0.0112. The molecule has 0 radical (unpaired) electrons. The number of hydrogen-bond acceptors (Lipinski definition) is 4. The molecule has 2 aliphatic rings. The number of carbonyl (C=O) groups is 2. The van der Waals surface area contributed by atoms with E-state index >= 15 is 0 Å². The zero-order valence-electron chi connectivity index (χ0n) is 12.0. The Morgan fingerprint density at radius 3 is 2.75 bits per heavy atom. The summed E-state index contributed by atoms with van der Waals surface area (Å²) in [6.45, 7) is 7.10. The summed E-state index contributed by atoms with van der Waals surface area (Å²) in [5.74, 6) is 0.0570. The standard InChI is InChI=1S/C13H22N2O4S/c1-13(2)9-15(4-6-20-13)12(18)14-3-5-19-10(8-14)7-11(16)17/h10H,3-9H2,1-2H3,(H,16,17). The second-order valence-corrected chi connectivity index (χ2v) is 7.65. The van der Waals surface area contributed by atoms with Gasteiger partial charge in [0.05, 0.1) is 19.1 Å². The van der Waals surface area contributed by atoms with Crippen molar-refractivity contribution in [2.45, 2.75) is 31.1 Å². The first-order valence-corrected chi connectivity index (χ1v) is 7.87. The summed E-state index contributed by atoms with van der Waals surface area (Å²) in [6.07, 6.45) is -0.442. The Kier molecular flexibility index (Phi) is 4.80. The van der Waals surface area contributed by atoms with Crippen molar-refractivity contribution in [1.29, 1.82) is 0 Å². The van der Waals surface area contributed by atoms with E-state index in [9.17, 15) is 9.59 Å². The first-order chi connectivity index (χ1) is 9.37. The van der Waals surface area contributed by atoms with Gasteiger partial charge in [0.25, 0.3) is 0 Å². The Morgan fingerprint density at radius 1 is 1.35 bits per heavy atom. The van der Waals surface area contributed by atoms with Crippen LogP contribution in [0.5, 0.6) is 0 Å². The summed E-state index contributed by atoms with van der Waals surface area (Å²) in [5, 5.41) is 8.81. The van der Waals surface area contributed by atoms with E-state index in [-0.39, 0.29) is 17.2 Å². The number of carboxylic acid groups (broad SMARTS) is 1. The Hall–Kier alpha value is -0.950. The van der Waals surface area contributed by atoms with E-state index in [1.165, 1.54) is 0 Å². The molecule has 6 nitrogen and oxygen atoms in total. The van der Waals surface area contributed by atoms with Gasteiger partial charge in [0.2, 0.25) is 0 Å². The van der Waals surface area contributed by atoms with Crippen LogP contribution in [0.25, 0.3) is 0 Å². The number of hydrogen-bond donors (Lipinski definition) is 1. The normalized spacial score (nSPS) is 26.4. The summed E-state index contributed by atoms with van der Waals surface area (Å²) < 4.78 is 5.48. The number of ether oxygens (including phenoxy) is 1. The summed E-state index contributed by atoms with van der Waals surface area (Å²) in [6, 6.07) is 0.0112. The fraction of sp³-hybridized carbons (Fsp3) is 0.846. The van der Waals surface area contributed by atoms with Crippen molar-refractivity contribution in [2.75, 3.05) is 38.5 Å². The van der Waals surface area contributed by atoms with Gasteiger partial charge >= 0.3 is 12.0 Å². The molecule has 7 heteroatoms. The van der Waals surface area contributed by atoms with Crippen molar-refractivity contribution in [1.82, 2.24) is 9.80 Å². The van der Waals surface area contributed by atoms with E-state index < -0.39 is 12.1 Å². The number of nitrogens with zero attached hydrogens (tertiary/aromatic N) is 2. The van der Waals surface area contributed by atoms with Crippen LogP contribution in [0, 0.1) is 0 Å². The Morgan fingerprint density at radius 2 is 2.10 bits per heavy atom. The van der Waals surface area contributed by atoms with E-state index in [1.807, 2.05) is 16.7 Å². The number of thioether (sulfide) groups is 1. The average Bonchev–Trinajstić information content (AvgIpc) is 2.36. The van der Waals surface area contributed by atoms with Gasteiger partial charge in [-0.3, -0.25) is 4.79 Å². The largest absolute Gasteiger partial charge is 0.481 e. The van der Waals surface area contributed by atoms with Crippen LogP contribution in [0.1, 0.15) is 20.3 Å². The molecular weight excluding hydrogens is 280 g/mol. The predicted octanol–water partition coefficient (Wildman–Crippen LogP) is 1.11. The van der Waals surface area contributed by atoms with Crippen LogP contribution >= 0.6 is 11.8 Å². The average molecular weight is 302 g/mol. The van der Waals surface area contributed by atoms with Gasteiger partial charge < -0.3 is 19.6 Å². The second kappa shape index (κ2) is 6.22. The first-order valence-electron chi connectivity index (χ1n) is 6.88. The quantitative estimate of drug-likeness (QED) is 0.827. The molecule has 20 heavy (non-hydrogen) atoms. The molecular formula is C13H22N2O4S. The highest BCUT2D eigenvalue weighted by atomic mass is 32.2. The summed E-state index contributed by atoms with van der Waals surface area (Å²) >= 11 is 1.88. The molecule has 2 heterocycles. The summed E-state index contributed by atoms with van der Waals surface area (Å²) in [4.78, 5) is 26.8. The smallest absolute Gasteiger partial charge is 0.320 e. The highest BCUT2D eigenvalue weighted by Crippen LogP contribution is 2.30. The van der Waals surface area contributed by atoms with Gasteiger partial charge in [0, 0.05) is 36.7 Å². The van der Waals surface area contributed by atoms with Gasteiger partial charge in [-0.25, -0.2) is 4.79 Å². The van der Waals surface area contributed by atoms with Crippen LogP contribution < -0.4 is 0 Å². The van der Waals surface area contributed by atoms with Crippen molar-refractivity contribution in [2.24, 2.45) is 0 Å². The van der Waals surface area contributed by atoms with Crippen molar-refractivity contribution in [3.63, 3.8) is 0 Å². The maximum atomic E-state index is 12.5. The highest BCUT2D eigenvalue weighted by molar-refractivity contribution is 8.00. The van der Waals surface area contributed by atoms with Gasteiger partial charge in [0.15, 0.2) is 0 Å². The number of carboxylic acids is 1. The van der Waals surface area contributed by atoms with Gasteiger partial charge in [0.1, 0.15) is 0 Å². The summed E-state index contributed by atoms with van der Waals surface area (Å²) in [7, 11) is 0. The van der Waals surface area contributed by atoms with Gasteiger partial charge in [-0.15, -0.1) is 0 Å². The van der Waals surface area contributed by atoms with Crippen LogP contribution in [0.4, 0.5) is 4.79 Å². The maximum absolute atomic E-state index is 12.5. The van der Waals surface area contributed by atoms with Crippen LogP contribution in [0.2, 0.25) is 0 Å². The molecule has 2 rings (SSSR count). The van der Waals surface area contributed by atoms with Crippen LogP contribution in [-0.4, -0.2) is 76.3 Å². The maximum Gasteiger partial charge on any atom is 0.320 e. The molecule has 0 aromatic rings. The molecule has 0 bridgehead atoms. The molecule has 0 spiro atoms. The molecule has 0 aromatic carbocycles. The van der Waals surface area contributed by atoms with Gasteiger partial charge in [-0.05, 0) is 13.8 Å². The number of urea groups is 1. The molecule has 114 valence electrons. The molecule has 0 aliphatic carbocycles. The predicted molar refractivity (Wildman–Crippen MR) is 77.1 cm³/mol. The third-order valence-corrected chi connectivity index (χ3v) is 4.81. The fourth-order valence-electron chi connectivity index (χ4n) is 2.59. The molecule has 1 unspecified atom stereocenters. The minimum Gasteiger partial charge on any atom is -0.481 e. The Balaban J connectivity index is 1.93. The van der Waals surface area contributed by atoms with Crippen molar-refractivity contribution < 1.29 is 19.4 Å². The SMILES string of the molecule is CC1(C)CN(C(=O)N2CCOC(CC(=O)O)C2)CCS1. The van der Waals surface area contributed by atoms with E-state index in [0.717, 1.165) is 18.8 Å². The van der Waals surface area contributed by atoms with E-state index in [4.69, 9.17) is 9.84 Å². The highest BCUT2D eigenvalue weighted by Gasteiger charge is 2.34.